The molecule has 1 atom stereocenters. The molecular weight excluding hydrogens is 234 g/mol. The van der Waals surface area contributed by atoms with Crippen molar-refractivity contribution in [2.24, 2.45) is 0 Å². The van der Waals surface area contributed by atoms with E-state index in [0.717, 1.165) is 32.6 Å². The van der Waals surface area contributed by atoms with Gasteiger partial charge in [0.1, 0.15) is 0 Å². The van der Waals surface area contributed by atoms with E-state index in [-0.39, 0.29) is 5.41 Å². The van der Waals surface area contributed by atoms with Gasteiger partial charge in [-0.25, -0.2) is 0 Å². The van der Waals surface area contributed by atoms with Crippen LogP contribution in [0.25, 0.3) is 0 Å². The summed E-state index contributed by atoms with van der Waals surface area (Å²) in [6.07, 6.45) is 2.20. The van der Waals surface area contributed by atoms with Gasteiger partial charge in [-0.05, 0) is 25.3 Å². The molecule has 2 nitrogen and oxygen atoms in total. The summed E-state index contributed by atoms with van der Waals surface area (Å²) in [5.41, 5.74) is 1.60. The Morgan fingerprint density at radius 2 is 1.84 bits per heavy atom. The molecule has 0 bridgehead atoms. The molecule has 1 aromatic carbocycles. The van der Waals surface area contributed by atoms with Crippen LogP contribution in [0.15, 0.2) is 30.3 Å². The molecule has 1 N–H and O–H groups in total. The minimum atomic E-state index is 0.181. The first-order chi connectivity index (χ1) is 9.14. The monoisotopic (exact) mass is 263 g/mol. The summed E-state index contributed by atoms with van der Waals surface area (Å²) >= 11 is 0. The van der Waals surface area contributed by atoms with Crippen LogP contribution in [-0.2, 0) is 10.2 Å². The third-order valence-corrected chi connectivity index (χ3v) is 3.84. The second kappa shape index (κ2) is 8.34. The second-order valence-electron chi connectivity index (χ2n) is 5.48. The molecule has 0 radical (unpaired) electrons. The van der Waals surface area contributed by atoms with E-state index in [2.05, 4.69) is 63.3 Å². The molecule has 1 unspecified atom stereocenters. The SMILES string of the molecule is CCOCCC(CC)(CNC(C)C)c1ccccc1. The van der Waals surface area contributed by atoms with Crippen molar-refractivity contribution in [2.75, 3.05) is 19.8 Å². The summed E-state index contributed by atoms with van der Waals surface area (Å²) in [4.78, 5) is 0. The molecule has 0 saturated heterocycles. The third-order valence-electron chi connectivity index (χ3n) is 3.84. The van der Waals surface area contributed by atoms with Crippen molar-refractivity contribution in [3.8, 4) is 0 Å². The maximum atomic E-state index is 5.59. The van der Waals surface area contributed by atoms with E-state index < -0.39 is 0 Å². The van der Waals surface area contributed by atoms with Gasteiger partial charge in [-0.15, -0.1) is 0 Å². The van der Waals surface area contributed by atoms with Crippen LogP contribution in [0.2, 0.25) is 0 Å². The van der Waals surface area contributed by atoms with Crippen molar-refractivity contribution in [3.63, 3.8) is 0 Å². The molecular formula is C17H29NO. The van der Waals surface area contributed by atoms with E-state index in [1.807, 2.05) is 0 Å². The Balaban J connectivity index is 2.85. The zero-order valence-electron chi connectivity index (χ0n) is 12.9. The largest absolute Gasteiger partial charge is 0.382 e. The Morgan fingerprint density at radius 1 is 1.16 bits per heavy atom. The van der Waals surface area contributed by atoms with Gasteiger partial charge in [-0.1, -0.05) is 51.1 Å². The first kappa shape index (κ1) is 16.2. The zero-order valence-corrected chi connectivity index (χ0v) is 12.9. The quantitative estimate of drug-likeness (QED) is 0.685. The summed E-state index contributed by atoms with van der Waals surface area (Å²) in [5.74, 6) is 0. The lowest BCUT2D eigenvalue weighted by atomic mass is 9.75. The van der Waals surface area contributed by atoms with Crippen LogP contribution in [0.4, 0.5) is 0 Å². The lowest BCUT2D eigenvalue weighted by Crippen LogP contribution is -2.41. The Morgan fingerprint density at radius 3 is 2.37 bits per heavy atom. The maximum Gasteiger partial charge on any atom is 0.0474 e. The Kier molecular flexibility index (Phi) is 7.11. The first-order valence-corrected chi connectivity index (χ1v) is 7.51. The van der Waals surface area contributed by atoms with Crippen LogP contribution < -0.4 is 5.32 Å². The van der Waals surface area contributed by atoms with E-state index in [1.165, 1.54) is 5.56 Å². The number of rotatable bonds is 9. The number of hydrogen-bond donors (Lipinski definition) is 1. The molecule has 2 heteroatoms. The minimum Gasteiger partial charge on any atom is -0.382 e. The summed E-state index contributed by atoms with van der Waals surface area (Å²) < 4.78 is 5.59. The van der Waals surface area contributed by atoms with Crippen molar-refractivity contribution in [2.45, 2.75) is 52.0 Å². The lowest BCUT2D eigenvalue weighted by molar-refractivity contribution is 0.122. The van der Waals surface area contributed by atoms with Crippen LogP contribution in [0.5, 0.6) is 0 Å². The number of hydrogen-bond acceptors (Lipinski definition) is 2. The summed E-state index contributed by atoms with van der Waals surface area (Å²) in [6, 6.07) is 11.4. The van der Waals surface area contributed by atoms with E-state index in [9.17, 15) is 0 Å². The lowest BCUT2D eigenvalue weighted by Gasteiger charge is -2.34. The molecule has 108 valence electrons. The van der Waals surface area contributed by atoms with Gasteiger partial charge in [-0.2, -0.15) is 0 Å². The highest BCUT2D eigenvalue weighted by Gasteiger charge is 2.29. The predicted molar refractivity (Wildman–Crippen MR) is 82.7 cm³/mol. The van der Waals surface area contributed by atoms with Gasteiger partial charge in [0, 0.05) is 31.2 Å². The minimum absolute atomic E-state index is 0.181. The van der Waals surface area contributed by atoms with Gasteiger partial charge in [0.25, 0.3) is 0 Å². The molecule has 0 aliphatic heterocycles. The third kappa shape index (κ3) is 4.96. The van der Waals surface area contributed by atoms with Gasteiger partial charge in [0.15, 0.2) is 0 Å². The first-order valence-electron chi connectivity index (χ1n) is 7.51. The maximum absolute atomic E-state index is 5.59. The van der Waals surface area contributed by atoms with Crippen LogP contribution in [-0.4, -0.2) is 25.8 Å². The second-order valence-corrected chi connectivity index (χ2v) is 5.48. The van der Waals surface area contributed by atoms with Gasteiger partial charge in [-0.3, -0.25) is 0 Å². The molecule has 0 aliphatic rings. The fourth-order valence-corrected chi connectivity index (χ4v) is 2.44. The summed E-state index contributed by atoms with van der Waals surface area (Å²) in [7, 11) is 0. The highest BCUT2D eigenvalue weighted by Crippen LogP contribution is 2.31. The Labute approximate surface area is 118 Å². The zero-order chi connectivity index (χ0) is 14.1. The van der Waals surface area contributed by atoms with E-state index in [4.69, 9.17) is 4.74 Å². The number of benzene rings is 1. The fourth-order valence-electron chi connectivity index (χ4n) is 2.44. The molecule has 0 fully saturated rings. The van der Waals surface area contributed by atoms with E-state index in [0.29, 0.717) is 6.04 Å². The fraction of sp³-hybridized carbons (Fsp3) is 0.647. The topological polar surface area (TPSA) is 21.3 Å². The van der Waals surface area contributed by atoms with Crippen molar-refractivity contribution < 1.29 is 4.74 Å². The Hall–Kier alpha value is -0.860. The molecule has 0 spiro atoms. The normalized spacial score (nSPS) is 14.6. The van der Waals surface area contributed by atoms with Gasteiger partial charge >= 0.3 is 0 Å². The molecule has 0 saturated carbocycles. The van der Waals surface area contributed by atoms with E-state index in [1.54, 1.807) is 0 Å². The standard InChI is InChI=1S/C17H29NO/c1-5-17(12-13-19-6-2,14-18-15(3)4)16-10-8-7-9-11-16/h7-11,15,18H,5-6,12-14H2,1-4H3. The summed E-state index contributed by atoms with van der Waals surface area (Å²) in [5, 5.41) is 3.61. The van der Waals surface area contributed by atoms with E-state index >= 15 is 0 Å². The van der Waals surface area contributed by atoms with Crippen molar-refractivity contribution >= 4 is 0 Å². The molecule has 1 rings (SSSR count). The van der Waals surface area contributed by atoms with Gasteiger partial charge in [0.2, 0.25) is 0 Å². The molecule has 19 heavy (non-hydrogen) atoms. The number of ether oxygens (including phenoxy) is 1. The Bertz CT molecular complexity index is 336. The smallest absolute Gasteiger partial charge is 0.0474 e. The summed E-state index contributed by atoms with van der Waals surface area (Å²) in [6.45, 7) is 11.4. The average molecular weight is 263 g/mol. The van der Waals surface area contributed by atoms with Gasteiger partial charge in [0.05, 0.1) is 0 Å². The van der Waals surface area contributed by atoms with Crippen LogP contribution in [0.3, 0.4) is 0 Å². The van der Waals surface area contributed by atoms with Crippen molar-refractivity contribution in [3.05, 3.63) is 35.9 Å². The van der Waals surface area contributed by atoms with Crippen molar-refractivity contribution in [1.29, 1.82) is 0 Å². The predicted octanol–water partition coefficient (Wildman–Crippen LogP) is 3.76. The van der Waals surface area contributed by atoms with Crippen LogP contribution >= 0.6 is 0 Å². The molecule has 0 aliphatic carbocycles. The highest BCUT2D eigenvalue weighted by atomic mass is 16.5. The molecule has 0 amide bonds. The number of nitrogens with one attached hydrogen (secondary N) is 1. The average Bonchev–Trinajstić information content (AvgIpc) is 2.44. The highest BCUT2D eigenvalue weighted by molar-refractivity contribution is 5.26. The molecule has 1 aromatic rings. The van der Waals surface area contributed by atoms with Crippen LogP contribution in [0.1, 0.15) is 46.1 Å². The van der Waals surface area contributed by atoms with Gasteiger partial charge < -0.3 is 10.1 Å². The molecule has 0 aromatic heterocycles. The van der Waals surface area contributed by atoms with Crippen LogP contribution in [0, 0.1) is 0 Å². The molecule has 0 heterocycles. The van der Waals surface area contributed by atoms with Crippen molar-refractivity contribution in [1.82, 2.24) is 5.32 Å².